The van der Waals surface area contributed by atoms with Crippen LogP contribution in [0, 0.1) is 0 Å². The number of hydrogen-bond donors (Lipinski definition) is 1. The first kappa shape index (κ1) is 13.9. The second-order valence-corrected chi connectivity index (χ2v) is 5.11. The number of esters is 1. The zero-order valence-corrected chi connectivity index (χ0v) is 11.8. The lowest BCUT2D eigenvalue weighted by Crippen LogP contribution is -2.48. The van der Waals surface area contributed by atoms with Gasteiger partial charge >= 0.3 is 5.97 Å². The normalized spacial score (nSPS) is 24.2. The Bertz CT molecular complexity index is 460. The highest BCUT2D eigenvalue weighted by Gasteiger charge is 2.35. The van der Waals surface area contributed by atoms with Crippen LogP contribution in [-0.2, 0) is 9.53 Å². The Morgan fingerprint density at radius 3 is 2.68 bits per heavy atom. The second-order valence-electron chi connectivity index (χ2n) is 5.11. The van der Waals surface area contributed by atoms with E-state index in [1.807, 2.05) is 25.1 Å². The summed E-state index contributed by atoms with van der Waals surface area (Å²) in [4.78, 5) is 11.4. The lowest BCUT2D eigenvalue weighted by atomic mass is 9.93. The fraction of sp³-hybridized carbons (Fsp3) is 0.533. The standard InChI is InChI=1S/C15H21NO3/c1-9-12-7-5-6-8-13(12)19-14(9)10(2)16-11(3)15(17)18-4/h5-11,14,16H,1-4H3/t9-,10-,11+,14+/m1/s1. The average Bonchev–Trinajstić information content (AvgIpc) is 2.75. The van der Waals surface area contributed by atoms with Gasteiger partial charge in [0.15, 0.2) is 0 Å². The third kappa shape index (κ3) is 2.73. The number of methoxy groups -OCH3 is 1. The Labute approximate surface area is 114 Å². The molecule has 0 spiro atoms. The Morgan fingerprint density at radius 1 is 1.37 bits per heavy atom. The van der Waals surface area contributed by atoms with Gasteiger partial charge in [-0.1, -0.05) is 25.1 Å². The fourth-order valence-corrected chi connectivity index (χ4v) is 2.66. The molecule has 1 N–H and O–H groups in total. The van der Waals surface area contributed by atoms with Gasteiger partial charge in [0, 0.05) is 17.5 Å². The number of rotatable bonds is 4. The molecular formula is C15H21NO3. The lowest BCUT2D eigenvalue weighted by molar-refractivity contribution is -0.143. The van der Waals surface area contributed by atoms with Gasteiger partial charge in [0.25, 0.3) is 0 Å². The molecule has 0 aliphatic carbocycles. The molecule has 4 atom stereocenters. The van der Waals surface area contributed by atoms with Crippen LogP contribution in [0.25, 0.3) is 0 Å². The molecule has 2 rings (SSSR count). The van der Waals surface area contributed by atoms with Gasteiger partial charge in [0.1, 0.15) is 17.9 Å². The highest BCUT2D eigenvalue weighted by molar-refractivity contribution is 5.75. The Hall–Kier alpha value is -1.55. The molecule has 0 bridgehead atoms. The maximum atomic E-state index is 11.4. The Balaban J connectivity index is 2.03. The number of para-hydroxylation sites is 1. The van der Waals surface area contributed by atoms with Crippen LogP contribution < -0.4 is 10.1 Å². The van der Waals surface area contributed by atoms with Gasteiger partial charge in [-0.05, 0) is 19.9 Å². The summed E-state index contributed by atoms with van der Waals surface area (Å²) in [5.74, 6) is 0.998. The smallest absolute Gasteiger partial charge is 0.322 e. The van der Waals surface area contributed by atoms with E-state index < -0.39 is 0 Å². The molecule has 0 radical (unpaired) electrons. The summed E-state index contributed by atoms with van der Waals surface area (Å²) in [5, 5.41) is 3.24. The molecule has 4 nitrogen and oxygen atoms in total. The zero-order chi connectivity index (χ0) is 14.0. The molecular weight excluding hydrogens is 242 g/mol. The summed E-state index contributed by atoms with van der Waals surface area (Å²) in [7, 11) is 1.40. The predicted molar refractivity (Wildman–Crippen MR) is 73.3 cm³/mol. The van der Waals surface area contributed by atoms with Crippen LogP contribution in [0.4, 0.5) is 0 Å². The monoisotopic (exact) mass is 263 g/mol. The van der Waals surface area contributed by atoms with E-state index in [0.29, 0.717) is 5.92 Å². The molecule has 1 aliphatic rings. The lowest BCUT2D eigenvalue weighted by Gasteiger charge is -2.26. The largest absolute Gasteiger partial charge is 0.488 e. The van der Waals surface area contributed by atoms with E-state index in [9.17, 15) is 4.79 Å². The van der Waals surface area contributed by atoms with Gasteiger partial charge in [-0.25, -0.2) is 0 Å². The van der Waals surface area contributed by atoms with Crippen LogP contribution in [0.2, 0.25) is 0 Å². The molecule has 0 amide bonds. The summed E-state index contributed by atoms with van der Waals surface area (Å²) >= 11 is 0. The van der Waals surface area contributed by atoms with E-state index in [4.69, 9.17) is 9.47 Å². The van der Waals surface area contributed by atoms with Crippen molar-refractivity contribution in [2.45, 2.75) is 44.9 Å². The van der Waals surface area contributed by atoms with Gasteiger partial charge in [0.2, 0.25) is 0 Å². The van der Waals surface area contributed by atoms with E-state index in [1.54, 1.807) is 6.92 Å². The van der Waals surface area contributed by atoms with Crippen LogP contribution in [0.1, 0.15) is 32.3 Å². The van der Waals surface area contributed by atoms with Crippen molar-refractivity contribution in [2.75, 3.05) is 7.11 Å². The van der Waals surface area contributed by atoms with E-state index in [-0.39, 0.29) is 24.2 Å². The quantitative estimate of drug-likeness (QED) is 0.845. The van der Waals surface area contributed by atoms with E-state index in [0.717, 1.165) is 5.75 Å². The van der Waals surface area contributed by atoms with Gasteiger partial charge < -0.3 is 9.47 Å². The molecule has 1 aromatic rings. The highest BCUT2D eigenvalue weighted by Crippen LogP contribution is 2.38. The number of carbonyl (C=O) groups excluding carboxylic acids is 1. The molecule has 104 valence electrons. The van der Waals surface area contributed by atoms with Crippen LogP contribution in [0.3, 0.4) is 0 Å². The van der Waals surface area contributed by atoms with E-state index in [2.05, 4.69) is 18.3 Å². The van der Waals surface area contributed by atoms with Gasteiger partial charge in [-0.15, -0.1) is 0 Å². The molecule has 1 aliphatic heterocycles. The topological polar surface area (TPSA) is 47.6 Å². The number of ether oxygens (including phenoxy) is 2. The minimum absolute atomic E-state index is 0.0320. The molecule has 1 aromatic carbocycles. The van der Waals surface area contributed by atoms with Crippen molar-refractivity contribution in [3.63, 3.8) is 0 Å². The van der Waals surface area contributed by atoms with Gasteiger partial charge in [-0.3, -0.25) is 10.1 Å². The third-order valence-corrected chi connectivity index (χ3v) is 3.73. The van der Waals surface area contributed by atoms with Crippen LogP contribution in [0.15, 0.2) is 24.3 Å². The summed E-state index contributed by atoms with van der Waals surface area (Å²) in [6.07, 6.45) is 0.0320. The number of carbonyl (C=O) groups is 1. The number of fused-ring (bicyclic) bond motifs is 1. The molecule has 0 saturated heterocycles. The molecule has 0 unspecified atom stereocenters. The molecule has 1 heterocycles. The first-order chi connectivity index (χ1) is 9.04. The highest BCUT2D eigenvalue weighted by atomic mass is 16.5. The zero-order valence-electron chi connectivity index (χ0n) is 11.8. The minimum Gasteiger partial charge on any atom is -0.488 e. The van der Waals surface area contributed by atoms with E-state index in [1.165, 1.54) is 12.7 Å². The molecule has 0 aromatic heterocycles. The van der Waals surface area contributed by atoms with Crippen molar-refractivity contribution in [3.8, 4) is 5.75 Å². The third-order valence-electron chi connectivity index (χ3n) is 3.73. The predicted octanol–water partition coefficient (Wildman–Crippen LogP) is 2.09. The number of nitrogens with one attached hydrogen (secondary N) is 1. The van der Waals surface area contributed by atoms with Crippen molar-refractivity contribution in [1.82, 2.24) is 5.32 Å². The Kier molecular flexibility index (Phi) is 4.10. The maximum absolute atomic E-state index is 11.4. The van der Waals surface area contributed by atoms with Gasteiger partial charge in [-0.2, -0.15) is 0 Å². The van der Waals surface area contributed by atoms with Crippen LogP contribution >= 0.6 is 0 Å². The molecule has 0 saturated carbocycles. The van der Waals surface area contributed by atoms with E-state index >= 15 is 0 Å². The first-order valence-electron chi connectivity index (χ1n) is 6.64. The summed E-state index contributed by atoms with van der Waals surface area (Å²) < 4.78 is 10.7. The van der Waals surface area contributed by atoms with Crippen molar-refractivity contribution in [1.29, 1.82) is 0 Å². The van der Waals surface area contributed by atoms with Crippen molar-refractivity contribution >= 4 is 5.97 Å². The second kappa shape index (κ2) is 5.61. The summed E-state index contributed by atoms with van der Waals surface area (Å²) in [6.45, 7) is 5.99. The SMILES string of the molecule is COC(=O)[C@H](C)N[C@H](C)[C@H]1Oc2ccccc2[C@H]1C. The van der Waals surface area contributed by atoms with Crippen molar-refractivity contribution in [3.05, 3.63) is 29.8 Å². The average molecular weight is 263 g/mol. The Morgan fingerprint density at radius 2 is 2.05 bits per heavy atom. The summed E-state index contributed by atoms with van der Waals surface area (Å²) in [6, 6.07) is 7.81. The van der Waals surface area contributed by atoms with Crippen LogP contribution in [-0.4, -0.2) is 31.3 Å². The number of hydrogen-bond acceptors (Lipinski definition) is 4. The van der Waals surface area contributed by atoms with Gasteiger partial charge in [0.05, 0.1) is 7.11 Å². The van der Waals surface area contributed by atoms with Crippen LogP contribution in [0.5, 0.6) is 5.75 Å². The maximum Gasteiger partial charge on any atom is 0.322 e. The van der Waals surface area contributed by atoms with Crippen molar-refractivity contribution < 1.29 is 14.3 Å². The summed E-state index contributed by atoms with van der Waals surface area (Å²) in [5.41, 5.74) is 1.23. The minimum atomic E-state index is -0.334. The van der Waals surface area contributed by atoms with Crippen molar-refractivity contribution in [2.24, 2.45) is 0 Å². The molecule has 0 fully saturated rings. The fourth-order valence-electron chi connectivity index (χ4n) is 2.66. The molecule has 19 heavy (non-hydrogen) atoms. The molecule has 4 heteroatoms. The first-order valence-corrected chi connectivity index (χ1v) is 6.64. The number of benzene rings is 1.